The third-order valence-electron chi connectivity index (χ3n) is 5.44. The standard InChI is InChI=1S/C17H40O6Si2/c1-9-16(2)17(13-15-25(21-6,22-7)23-8)12-10-11-14-24(18-3,19-4)20-5/h16-17H,9-15H2,1-8H3. The van der Waals surface area contributed by atoms with Gasteiger partial charge in [0, 0.05) is 54.7 Å². The fourth-order valence-corrected chi connectivity index (χ4v) is 6.90. The molecule has 152 valence electrons. The Kier molecular flexibility index (Phi) is 13.5. The molecule has 0 aromatic heterocycles. The van der Waals surface area contributed by atoms with Gasteiger partial charge in [0.05, 0.1) is 0 Å². The van der Waals surface area contributed by atoms with Crippen LogP contribution < -0.4 is 0 Å². The van der Waals surface area contributed by atoms with Gasteiger partial charge in [0.1, 0.15) is 0 Å². The molecule has 0 heterocycles. The van der Waals surface area contributed by atoms with Crippen molar-refractivity contribution in [2.75, 3.05) is 42.7 Å². The minimum Gasteiger partial charge on any atom is -0.377 e. The minimum absolute atomic E-state index is 0.640. The molecule has 0 saturated carbocycles. The summed E-state index contributed by atoms with van der Waals surface area (Å²) in [7, 11) is 5.13. The second-order valence-electron chi connectivity index (χ2n) is 6.52. The fourth-order valence-electron chi connectivity index (χ4n) is 3.27. The van der Waals surface area contributed by atoms with Gasteiger partial charge in [-0.05, 0) is 24.7 Å². The summed E-state index contributed by atoms with van der Waals surface area (Å²) in [5.41, 5.74) is 0. The summed E-state index contributed by atoms with van der Waals surface area (Å²) in [5, 5.41) is 0. The zero-order valence-corrected chi connectivity index (χ0v) is 19.6. The van der Waals surface area contributed by atoms with Crippen LogP contribution in [0.15, 0.2) is 0 Å². The van der Waals surface area contributed by atoms with E-state index in [0.29, 0.717) is 11.8 Å². The molecule has 0 aromatic carbocycles. The molecule has 0 radical (unpaired) electrons. The van der Waals surface area contributed by atoms with Gasteiger partial charge in [-0.3, -0.25) is 0 Å². The van der Waals surface area contributed by atoms with Crippen LogP contribution in [0.2, 0.25) is 12.1 Å². The van der Waals surface area contributed by atoms with E-state index in [0.717, 1.165) is 31.4 Å². The monoisotopic (exact) mass is 396 g/mol. The molecule has 0 aliphatic carbocycles. The third kappa shape index (κ3) is 8.17. The SMILES string of the molecule is CCC(C)C(CCCC[Si](OC)(OC)OC)CC[Si](OC)(OC)OC. The van der Waals surface area contributed by atoms with Gasteiger partial charge >= 0.3 is 17.6 Å². The second-order valence-corrected chi connectivity index (χ2v) is 12.7. The van der Waals surface area contributed by atoms with Crippen LogP contribution in [-0.2, 0) is 26.6 Å². The highest BCUT2D eigenvalue weighted by molar-refractivity contribution is 6.60. The maximum Gasteiger partial charge on any atom is 0.500 e. The molecule has 8 heteroatoms. The normalized spacial score (nSPS) is 15.4. The lowest BCUT2D eigenvalue weighted by atomic mass is 9.85. The quantitative estimate of drug-likeness (QED) is 0.291. The summed E-state index contributed by atoms with van der Waals surface area (Å²) in [4.78, 5) is 0. The first-order valence-corrected chi connectivity index (χ1v) is 13.1. The van der Waals surface area contributed by atoms with Crippen molar-refractivity contribution in [2.24, 2.45) is 11.8 Å². The van der Waals surface area contributed by atoms with Gasteiger partial charge in [0.2, 0.25) is 0 Å². The molecule has 0 spiro atoms. The maximum atomic E-state index is 5.56. The van der Waals surface area contributed by atoms with Crippen LogP contribution in [0.5, 0.6) is 0 Å². The summed E-state index contributed by atoms with van der Waals surface area (Å²) in [6, 6.07) is 1.72. The van der Waals surface area contributed by atoms with E-state index in [1.807, 2.05) is 0 Å². The summed E-state index contributed by atoms with van der Waals surface area (Å²) in [5.74, 6) is 1.31. The van der Waals surface area contributed by atoms with Crippen molar-refractivity contribution in [2.45, 2.75) is 58.0 Å². The largest absolute Gasteiger partial charge is 0.500 e. The van der Waals surface area contributed by atoms with Gasteiger partial charge in [-0.15, -0.1) is 0 Å². The Labute approximate surface area is 157 Å². The fraction of sp³-hybridized carbons (Fsp3) is 1.00. The molecule has 0 N–H and O–H groups in total. The van der Waals surface area contributed by atoms with Crippen LogP contribution in [0.3, 0.4) is 0 Å². The highest BCUT2D eigenvalue weighted by Crippen LogP contribution is 2.30. The maximum absolute atomic E-state index is 5.56. The van der Waals surface area contributed by atoms with Crippen LogP contribution in [-0.4, -0.2) is 60.3 Å². The Hall–Kier alpha value is 0.194. The Morgan fingerprint density at radius 2 is 1.08 bits per heavy atom. The Morgan fingerprint density at radius 1 is 0.640 bits per heavy atom. The molecule has 0 fully saturated rings. The molecule has 0 bridgehead atoms. The van der Waals surface area contributed by atoms with E-state index >= 15 is 0 Å². The van der Waals surface area contributed by atoms with E-state index in [-0.39, 0.29) is 0 Å². The Bertz CT molecular complexity index is 308. The third-order valence-corrected chi connectivity index (χ3v) is 11.0. The van der Waals surface area contributed by atoms with Gasteiger partial charge in [0.15, 0.2) is 0 Å². The number of unbranched alkanes of at least 4 members (excludes halogenated alkanes) is 1. The van der Waals surface area contributed by atoms with E-state index in [4.69, 9.17) is 26.6 Å². The zero-order valence-electron chi connectivity index (χ0n) is 17.6. The molecule has 25 heavy (non-hydrogen) atoms. The summed E-state index contributed by atoms with van der Waals surface area (Å²) < 4.78 is 33.2. The van der Waals surface area contributed by atoms with Crippen molar-refractivity contribution < 1.29 is 26.6 Å². The molecule has 0 rings (SSSR count). The molecule has 6 nitrogen and oxygen atoms in total. The van der Waals surface area contributed by atoms with Crippen molar-refractivity contribution in [1.29, 1.82) is 0 Å². The number of hydrogen-bond donors (Lipinski definition) is 0. The zero-order chi connectivity index (χ0) is 19.3. The van der Waals surface area contributed by atoms with Gasteiger partial charge in [-0.2, -0.15) is 0 Å². The summed E-state index contributed by atoms with van der Waals surface area (Å²) in [6.45, 7) is 4.59. The predicted octanol–water partition coefficient (Wildman–Crippen LogP) is 3.97. The van der Waals surface area contributed by atoms with Gasteiger partial charge in [-0.1, -0.05) is 33.1 Å². The Morgan fingerprint density at radius 3 is 1.48 bits per heavy atom. The van der Waals surface area contributed by atoms with E-state index in [1.54, 1.807) is 42.7 Å². The Balaban J connectivity index is 4.55. The lowest BCUT2D eigenvalue weighted by Crippen LogP contribution is -2.43. The van der Waals surface area contributed by atoms with Crippen molar-refractivity contribution in [3.8, 4) is 0 Å². The molecule has 0 aliphatic rings. The van der Waals surface area contributed by atoms with Gasteiger partial charge < -0.3 is 26.6 Å². The van der Waals surface area contributed by atoms with Crippen molar-refractivity contribution >= 4 is 17.6 Å². The van der Waals surface area contributed by atoms with Crippen LogP contribution in [0.1, 0.15) is 46.0 Å². The number of rotatable bonds is 16. The van der Waals surface area contributed by atoms with E-state index in [2.05, 4.69) is 13.8 Å². The summed E-state index contributed by atoms with van der Waals surface area (Å²) >= 11 is 0. The lowest BCUT2D eigenvalue weighted by molar-refractivity contribution is 0.119. The predicted molar refractivity (Wildman–Crippen MR) is 105 cm³/mol. The smallest absolute Gasteiger partial charge is 0.377 e. The topological polar surface area (TPSA) is 55.4 Å². The van der Waals surface area contributed by atoms with Crippen LogP contribution >= 0.6 is 0 Å². The first-order chi connectivity index (χ1) is 11.9. The molecular formula is C17H40O6Si2. The van der Waals surface area contributed by atoms with Crippen LogP contribution in [0.4, 0.5) is 0 Å². The van der Waals surface area contributed by atoms with Gasteiger partial charge in [-0.25, -0.2) is 0 Å². The molecule has 2 atom stereocenters. The first kappa shape index (κ1) is 25.2. The molecule has 0 amide bonds. The minimum atomic E-state index is -2.49. The van der Waals surface area contributed by atoms with Gasteiger partial charge in [0.25, 0.3) is 0 Å². The molecule has 0 aliphatic heterocycles. The van der Waals surface area contributed by atoms with E-state index in [1.165, 1.54) is 12.8 Å². The van der Waals surface area contributed by atoms with E-state index in [9.17, 15) is 0 Å². The highest BCUT2D eigenvalue weighted by Gasteiger charge is 2.39. The summed E-state index contributed by atoms with van der Waals surface area (Å²) in [6.07, 6.45) is 5.62. The first-order valence-electron chi connectivity index (χ1n) is 9.22. The average Bonchev–Trinajstić information content (AvgIpc) is 2.67. The second kappa shape index (κ2) is 13.4. The van der Waals surface area contributed by atoms with Crippen LogP contribution in [0, 0.1) is 11.8 Å². The molecule has 2 unspecified atom stereocenters. The highest BCUT2D eigenvalue weighted by atomic mass is 28.4. The molecular weight excluding hydrogens is 356 g/mol. The van der Waals surface area contributed by atoms with E-state index < -0.39 is 17.6 Å². The van der Waals surface area contributed by atoms with Crippen molar-refractivity contribution in [3.63, 3.8) is 0 Å². The molecule has 0 aromatic rings. The van der Waals surface area contributed by atoms with Crippen molar-refractivity contribution in [1.82, 2.24) is 0 Å². The number of hydrogen-bond acceptors (Lipinski definition) is 6. The average molecular weight is 397 g/mol. The van der Waals surface area contributed by atoms with Crippen LogP contribution in [0.25, 0.3) is 0 Å². The molecule has 0 saturated heterocycles. The lowest BCUT2D eigenvalue weighted by Gasteiger charge is -2.29. The van der Waals surface area contributed by atoms with Crippen molar-refractivity contribution in [3.05, 3.63) is 0 Å².